The Bertz CT molecular complexity index is 528. The molecule has 2 saturated heterocycles. The minimum atomic E-state index is 0.0308. The van der Waals surface area contributed by atoms with Gasteiger partial charge in [0, 0.05) is 44.5 Å². The number of hydrogen-bond acceptors (Lipinski definition) is 4. The second-order valence-electron chi connectivity index (χ2n) is 6.14. The molecule has 0 radical (unpaired) electrons. The number of nitrogens with zero attached hydrogens (tertiary/aromatic N) is 2. The molecule has 1 aromatic heterocycles. The van der Waals surface area contributed by atoms with Crippen LogP contribution in [0, 0.1) is 0 Å². The largest absolute Gasteiger partial charge is 0.383 e. The second kappa shape index (κ2) is 6.62. The van der Waals surface area contributed by atoms with E-state index in [-0.39, 0.29) is 5.56 Å². The van der Waals surface area contributed by atoms with Crippen LogP contribution in [0.25, 0.3) is 0 Å². The standard InChI is InChI=1S/C16H25N3O2/c1-21-10-9-19-12-14(4-5-16(19)20)17-13-6-8-18-7-2-3-15(18)11-13/h4-5,12-13,15,17H,2-3,6-11H2,1H3. The van der Waals surface area contributed by atoms with Crippen LogP contribution in [-0.2, 0) is 11.3 Å². The zero-order valence-electron chi connectivity index (χ0n) is 12.8. The molecule has 3 rings (SSSR count). The summed E-state index contributed by atoms with van der Waals surface area (Å²) in [6, 6.07) is 4.82. The van der Waals surface area contributed by atoms with Crippen molar-refractivity contribution in [2.24, 2.45) is 0 Å². The minimum Gasteiger partial charge on any atom is -0.383 e. The van der Waals surface area contributed by atoms with Crippen molar-refractivity contribution in [3.63, 3.8) is 0 Å². The predicted octanol–water partition coefficient (Wildman–Crippen LogP) is 1.53. The lowest BCUT2D eigenvalue weighted by Gasteiger charge is -2.35. The number of pyridine rings is 1. The first-order valence-corrected chi connectivity index (χ1v) is 7.96. The molecule has 0 aliphatic carbocycles. The van der Waals surface area contributed by atoms with Crippen LogP contribution in [0.4, 0.5) is 5.69 Å². The quantitative estimate of drug-likeness (QED) is 0.894. The van der Waals surface area contributed by atoms with Gasteiger partial charge in [-0.25, -0.2) is 0 Å². The number of rotatable bonds is 5. The number of fused-ring (bicyclic) bond motifs is 1. The van der Waals surface area contributed by atoms with Crippen LogP contribution in [0.1, 0.15) is 25.7 Å². The lowest BCUT2D eigenvalue weighted by atomic mass is 9.97. The molecule has 21 heavy (non-hydrogen) atoms. The van der Waals surface area contributed by atoms with Gasteiger partial charge in [-0.1, -0.05) is 0 Å². The molecule has 1 aromatic rings. The Morgan fingerprint density at radius 1 is 1.33 bits per heavy atom. The first-order valence-electron chi connectivity index (χ1n) is 7.96. The van der Waals surface area contributed by atoms with Gasteiger partial charge in [0.25, 0.3) is 5.56 Å². The summed E-state index contributed by atoms with van der Waals surface area (Å²) in [6.07, 6.45) is 7.01. The summed E-state index contributed by atoms with van der Waals surface area (Å²) in [6.45, 7) is 3.64. The fraction of sp³-hybridized carbons (Fsp3) is 0.688. The first kappa shape index (κ1) is 14.6. The van der Waals surface area contributed by atoms with E-state index in [9.17, 15) is 4.79 Å². The van der Waals surface area contributed by atoms with Gasteiger partial charge in [-0.2, -0.15) is 0 Å². The third kappa shape index (κ3) is 3.47. The van der Waals surface area contributed by atoms with Crippen LogP contribution in [0.2, 0.25) is 0 Å². The molecule has 0 spiro atoms. The zero-order chi connectivity index (χ0) is 14.7. The number of aromatic nitrogens is 1. The molecular weight excluding hydrogens is 266 g/mol. The van der Waals surface area contributed by atoms with Crippen molar-refractivity contribution in [1.29, 1.82) is 0 Å². The van der Waals surface area contributed by atoms with Gasteiger partial charge in [0.05, 0.1) is 12.3 Å². The number of anilines is 1. The fourth-order valence-electron chi connectivity index (χ4n) is 3.57. The van der Waals surface area contributed by atoms with E-state index in [1.807, 2.05) is 12.3 Å². The van der Waals surface area contributed by atoms with Crippen LogP contribution in [0.3, 0.4) is 0 Å². The highest BCUT2D eigenvalue weighted by molar-refractivity contribution is 5.41. The maximum absolute atomic E-state index is 11.8. The molecule has 0 amide bonds. The molecule has 0 bridgehead atoms. The maximum atomic E-state index is 11.8. The summed E-state index contributed by atoms with van der Waals surface area (Å²) < 4.78 is 6.77. The lowest BCUT2D eigenvalue weighted by Crippen LogP contribution is -2.42. The highest BCUT2D eigenvalue weighted by atomic mass is 16.5. The number of ether oxygens (including phenoxy) is 1. The van der Waals surface area contributed by atoms with Gasteiger partial charge in [-0.3, -0.25) is 4.79 Å². The van der Waals surface area contributed by atoms with Gasteiger partial charge in [-0.05, 0) is 38.3 Å². The van der Waals surface area contributed by atoms with Gasteiger partial charge in [-0.15, -0.1) is 0 Å². The molecule has 1 N–H and O–H groups in total. The van der Waals surface area contributed by atoms with Crippen LogP contribution in [0.5, 0.6) is 0 Å². The van der Waals surface area contributed by atoms with E-state index < -0.39 is 0 Å². The van der Waals surface area contributed by atoms with E-state index in [1.54, 1.807) is 17.7 Å². The van der Waals surface area contributed by atoms with E-state index in [4.69, 9.17) is 4.74 Å². The number of nitrogens with one attached hydrogen (secondary N) is 1. The smallest absolute Gasteiger partial charge is 0.250 e. The van der Waals surface area contributed by atoms with Crippen molar-refractivity contribution in [3.05, 3.63) is 28.7 Å². The molecule has 2 atom stereocenters. The Morgan fingerprint density at radius 3 is 3.10 bits per heavy atom. The topological polar surface area (TPSA) is 46.5 Å². The van der Waals surface area contributed by atoms with E-state index in [1.165, 1.54) is 38.8 Å². The summed E-state index contributed by atoms with van der Waals surface area (Å²) in [5, 5.41) is 3.61. The number of piperidine rings is 1. The summed E-state index contributed by atoms with van der Waals surface area (Å²) >= 11 is 0. The average Bonchev–Trinajstić information content (AvgIpc) is 2.95. The van der Waals surface area contributed by atoms with Gasteiger partial charge >= 0.3 is 0 Å². The van der Waals surface area contributed by atoms with Crippen molar-refractivity contribution < 1.29 is 4.74 Å². The Labute approximate surface area is 125 Å². The maximum Gasteiger partial charge on any atom is 0.250 e. The van der Waals surface area contributed by atoms with E-state index >= 15 is 0 Å². The van der Waals surface area contributed by atoms with E-state index in [2.05, 4.69) is 10.2 Å². The zero-order valence-corrected chi connectivity index (χ0v) is 12.8. The molecule has 3 heterocycles. The molecule has 0 saturated carbocycles. The highest BCUT2D eigenvalue weighted by Crippen LogP contribution is 2.28. The minimum absolute atomic E-state index is 0.0308. The monoisotopic (exact) mass is 291 g/mol. The number of methoxy groups -OCH3 is 1. The van der Waals surface area contributed by atoms with Gasteiger partial charge in [0.1, 0.15) is 0 Å². The third-order valence-electron chi connectivity index (χ3n) is 4.71. The lowest BCUT2D eigenvalue weighted by molar-refractivity contribution is 0.186. The third-order valence-corrected chi connectivity index (χ3v) is 4.71. The molecule has 5 heteroatoms. The Kier molecular flexibility index (Phi) is 4.60. The van der Waals surface area contributed by atoms with Crippen LogP contribution >= 0.6 is 0 Å². The normalized spacial score (nSPS) is 25.8. The van der Waals surface area contributed by atoms with Crippen LogP contribution in [0.15, 0.2) is 23.1 Å². The fourth-order valence-corrected chi connectivity index (χ4v) is 3.57. The predicted molar refractivity (Wildman–Crippen MR) is 83.8 cm³/mol. The van der Waals surface area contributed by atoms with Crippen LogP contribution in [-0.4, -0.2) is 48.4 Å². The summed E-state index contributed by atoms with van der Waals surface area (Å²) in [7, 11) is 1.66. The first-order chi connectivity index (χ1) is 10.3. The van der Waals surface area contributed by atoms with Gasteiger partial charge < -0.3 is 19.5 Å². The average molecular weight is 291 g/mol. The molecule has 2 aliphatic rings. The molecule has 2 aliphatic heterocycles. The Hall–Kier alpha value is -1.33. The van der Waals surface area contributed by atoms with Gasteiger partial charge in [0.15, 0.2) is 0 Å². The van der Waals surface area contributed by atoms with Crippen molar-refractivity contribution in [1.82, 2.24) is 9.47 Å². The molecule has 5 nitrogen and oxygen atoms in total. The van der Waals surface area contributed by atoms with Crippen molar-refractivity contribution in [3.8, 4) is 0 Å². The Morgan fingerprint density at radius 2 is 2.24 bits per heavy atom. The summed E-state index contributed by atoms with van der Waals surface area (Å²) in [5.41, 5.74) is 1.07. The van der Waals surface area contributed by atoms with Crippen molar-refractivity contribution in [2.75, 3.05) is 32.1 Å². The van der Waals surface area contributed by atoms with Crippen LogP contribution < -0.4 is 10.9 Å². The summed E-state index contributed by atoms with van der Waals surface area (Å²) in [4.78, 5) is 14.4. The van der Waals surface area contributed by atoms with Crippen molar-refractivity contribution >= 4 is 5.69 Å². The second-order valence-corrected chi connectivity index (χ2v) is 6.14. The van der Waals surface area contributed by atoms with Gasteiger partial charge in [0.2, 0.25) is 0 Å². The SMILES string of the molecule is COCCn1cc(NC2CCN3CCCC3C2)ccc1=O. The summed E-state index contributed by atoms with van der Waals surface area (Å²) in [5.74, 6) is 0. The van der Waals surface area contributed by atoms with Crippen molar-refractivity contribution in [2.45, 2.75) is 44.3 Å². The molecule has 116 valence electrons. The number of hydrogen-bond donors (Lipinski definition) is 1. The molecule has 2 fully saturated rings. The Balaban J connectivity index is 1.63. The molecular formula is C16H25N3O2. The van der Waals surface area contributed by atoms with E-state index in [0.717, 1.165) is 11.7 Å². The molecule has 0 aromatic carbocycles. The highest BCUT2D eigenvalue weighted by Gasteiger charge is 2.31. The van der Waals surface area contributed by atoms with E-state index in [0.29, 0.717) is 19.2 Å². The molecule has 2 unspecified atom stereocenters.